The maximum absolute atomic E-state index is 5.43. The van der Waals surface area contributed by atoms with E-state index in [9.17, 15) is 0 Å². The first-order chi connectivity index (χ1) is 6.79. The number of nitrogens with two attached hydrogens (primary N) is 1. The Bertz CT molecular complexity index is 439. The van der Waals surface area contributed by atoms with Crippen LogP contribution in [0.1, 0.15) is 5.76 Å². The summed E-state index contributed by atoms with van der Waals surface area (Å²) in [7, 11) is 0. The average Bonchev–Trinajstić information content (AvgIpc) is 2.66. The molecular formula is C10H9BrN2O. The molecule has 1 heterocycles. The Morgan fingerprint density at radius 3 is 2.93 bits per heavy atom. The van der Waals surface area contributed by atoms with Crippen molar-refractivity contribution in [2.75, 3.05) is 0 Å². The van der Waals surface area contributed by atoms with Gasteiger partial charge in [0.15, 0.2) is 0 Å². The number of benzene rings is 1. The van der Waals surface area contributed by atoms with Crippen molar-refractivity contribution in [3.63, 3.8) is 0 Å². The Morgan fingerprint density at radius 1 is 1.43 bits per heavy atom. The summed E-state index contributed by atoms with van der Waals surface area (Å²) >= 11 is 3.39. The molecule has 72 valence electrons. The number of aromatic nitrogens is 1. The standard InChI is InChI=1S/C10H9BrN2O/c11-8-3-1-2-7(4-8)10-13-6-9(5-12)14-10/h1-4,6H,5,12H2. The molecule has 0 saturated carbocycles. The molecule has 0 aliphatic rings. The highest BCUT2D eigenvalue weighted by Gasteiger charge is 2.05. The van der Waals surface area contributed by atoms with Crippen LogP contribution in [-0.4, -0.2) is 4.98 Å². The largest absolute Gasteiger partial charge is 0.440 e. The first kappa shape index (κ1) is 9.43. The highest BCUT2D eigenvalue weighted by atomic mass is 79.9. The molecule has 2 N–H and O–H groups in total. The summed E-state index contributed by atoms with van der Waals surface area (Å²) in [5.74, 6) is 1.30. The van der Waals surface area contributed by atoms with Crippen LogP contribution < -0.4 is 5.73 Å². The van der Waals surface area contributed by atoms with Crippen LogP contribution in [0, 0.1) is 0 Å². The molecule has 1 aromatic carbocycles. The monoisotopic (exact) mass is 252 g/mol. The number of hydrogen-bond acceptors (Lipinski definition) is 3. The van der Waals surface area contributed by atoms with Crippen molar-refractivity contribution in [1.29, 1.82) is 0 Å². The second kappa shape index (κ2) is 3.94. The van der Waals surface area contributed by atoms with Gasteiger partial charge in [-0.1, -0.05) is 22.0 Å². The van der Waals surface area contributed by atoms with Crippen molar-refractivity contribution >= 4 is 15.9 Å². The van der Waals surface area contributed by atoms with Gasteiger partial charge in [0.05, 0.1) is 12.7 Å². The average molecular weight is 253 g/mol. The summed E-state index contributed by atoms with van der Waals surface area (Å²) in [5, 5.41) is 0. The molecule has 1 aromatic heterocycles. The van der Waals surface area contributed by atoms with Crippen LogP contribution in [0.3, 0.4) is 0 Å². The first-order valence-corrected chi connectivity index (χ1v) is 4.99. The highest BCUT2D eigenvalue weighted by molar-refractivity contribution is 9.10. The smallest absolute Gasteiger partial charge is 0.226 e. The fourth-order valence-electron chi connectivity index (χ4n) is 1.16. The molecule has 0 radical (unpaired) electrons. The van der Waals surface area contributed by atoms with Gasteiger partial charge in [-0.3, -0.25) is 0 Å². The summed E-state index contributed by atoms with van der Waals surface area (Å²) in [5.41, 5.74) is 6.37. The van der Waals surface area contributed by atoms with Gasteiger partial charge in [0, 0.05) is 10.0 Å². The zero-order valence-corrected chi connectivity index (χ0v) is 8.99. The maximum atomic E-state index is 5.43. The minimum Gasteiger partial charge on any atom is -0.440 e. The molecule has 2 rings (SSSR count). The molecule has 0 atom stereocenters. The first-order valence-electron chi connectivity index (χ1n) is 4.20. The van der Waals surface area contributed by atoms with E-state index in [0.29, 0.717) is 18.2 Å². The van der Waals surface area contributed by atoms with E-state index in [-0.39, 0.29) is 0 Å². The number of halogens is 1. The fraction of sp³-hybridized carbons (Fsp3) is 0.100. The molecule has 0 aliphatic heterocycles. The molecule has 0 bridgehead atoms. The van der Waals surface area contributed by atoms with Crippen molar-refractivity contribution in [2.24, 2.45) is 5.73 Å². The molecule has 2 aromatic rings. The fourth-order valence-corrected chi connectivity index (χ4v) is 1.56. The lowest BCUT2D eigenvalue weighted by Crippen LogP contribution is -1.92. The lowest BCUT2D eigenvalue weighted by atomic mass is 10.2. The second-order valence-corrected chi connectivity index (χ2v) is 3.76. The number of nitrogens with zero attached hydrogens (tertiary/aromatic N) is 1. The van der Waals surface area contributed by atoms with Crippen molar-refractivity contribution in [3.8, 4) is 11.5 Å². The minimum atomic E-state index is 0.376. The van der Waals surface area contributed by atoms with E-state index in [1.807, 2.05) is 24.3 Å². The Kier molecular flexibility index (Phi) is 2.65. The van der Waals surface area contributed by atoms with E-state index in [1.165, 1.54) is 0 Å². The lowest BCUT2D eigenvalue weighted by molar-refractivity contribution is 0.521. The second-order valence-electron chi connectivity index (χ2n) is 2.85. The number of rotatable bonds is 2. The Morgan fingerprint density at radius 2 is 2.29 bits per heavy atom. The van der Waals surface area contributed by atoms with Crippen LogP contribution >= 0.6 is 15.9 Å². The molecule has 14 heavy (non-hydrogen) atoms. The SMILES string of the molecule is NCc1cnc(-c2cccc(Br)c2)o1. The third-order valence-electron chi connectivity index (χ3n) is 1.83. The van der Waals surface area contributed by atoms with E-state index in [2.05, 4.69) is 20.9 Å². The van der Waals surface area contributed by atoms with E-state index >= 15 is 0 Å². The van der Waals surface area contributed by atoms with E-state index < -0.39 is 0 Å². The topological polar surface area (TPSA) is 52.0 Å². The summed E-state index contributed by atoms with van der Waals surface area (Å²) in [6.07, 6.45) is 1.65. The van der Waals surface area contributed by atoms with Crippen LogP contribution in [-0.2, 0) is 6.54 Å². The van der Waals surface area contributed by atoms with E-state index in [1.54, 1.807) is 6.20 Å². The highest BCUT2D eigenvalue weighted by Crippen LogP contribution is 2.22. The van der Waals surface area contributed by atoms with Crippen LogP contribution in [0.15, 0.2) is 39.4 Å². The van der Waals surface area contributed by atoms with E-state index in [4.69, 9.17) is 10.2 Å². The van der Waals surface area contributed by atoms with Gasteiger partial charge in [-0.25, -0.2) is 4.98 Å². The molecule has 0 aliphatic carbocycles. The van der Waals surface area contributed by atoms with Crippen LogP contribution in [0.25, 0.3) is 11.5 Å². The zero-order chi connectivity index (χ0) is 9.97. The third-order valence-corrected chi connectivity index (χ3v) is 2.32. The van der Waals surface area contributed by atoms with Gasteiger partial charge < -0.3 is 10.2 Å². The normalized spacial score (nSPS) is 10.4. The number of oxazole rings is 1. The van der Waals surface area contributed by atoms with Crippen LogP contribution in [0.2, 0.25) is 0 Å². The molecular weight excluding hydrogens is 244 g/mol. The Hall–Kier alpha value is -1.13. The summed E-state index contributed by atoms with van der Waals surface area (Å²) in [6, 6.07) is 7.78. The predicted octanol–water partition coefficient (Wildman–Crippen LogP) is 2.56. The van der Waals surface area contributed by atoms with E-state index in [0.717, 1.165) is 10.0 Å². The summed E-state index contributed by atoms with van der Waals surface area (Å²) in [4.78, 5) is 4.13. The van der Waals surface area contributed by atoms with Crippen molar-refractivity contribution < 1.29 is 4.42 Å². The lowest BCUT2D eigenvalue weighted by Gasteiger charge is -1.95. The number of hydrogen-bond donors (Lipinski definition) is 1. The summed E-state index contributed by atoms with van der Waals surface area (Å²) in [6.45, 7) is 0.376. The van der Waals surface area contributed by atoms with Gasteiger partial charge in [-0.05, 0) is 18.2 Å². The molecule has 0 fully saturated rings. The molecule has 0 spiro atoms. The Balaban J connectivity index is 2.39. The minimum absolute atomic E-state index is 0.376. The predicted molar refractivity (Wildman–Crippen MR) is 57.5 cm³/mol. The van der Waals surface area contributed by atoms with Gasteiger partial charge in [-0.15, -0.1) is 0 Å². The quantitative estimate of drug-likeness (QED) is 0.894. The van der Waals surface area contributed by atoms with Gasteiger partial charge >= 0.3 is 0 Å². The maximum Gasteiger partial charge on any atom is 0.226 e. The molecule has 4 heteroatoms. The third kappa shape index (κ3) is 1.86. The van der Waals surface area contributed by atoms with Crippen molar-refractivity contribution in [2.45, 2.75) is 6.54 Å². The van der Waals surface area contributed by atoms with Crippen LogP contribution in [0.4, 0.5) is 0 Å². The molecule has 0 saturated heterocycles. The van der Waals surface area contributed by atoms with Gasteiger partial charge in [0.1, 0.15) is 5.76 Å². The zero-order valence-electron chi connectivity index (χ0n) is 7.40. The van der Waals surface area contributed by atoms with Crippen LogP contribution in [0.5, 0.6) is 0 Å². The molecule has 0 amide bonds. The molecule has 0 unspecified atom stereocenters. The van der Waals surface area contributed by atoms with Crippen molar-refractivity contribution in [3.05, 3.63) is 40.7 Å². The van der Waals surface area contributed by atoms with Gasteiger partial charge in [0.25, 0.3) is 0 Å². The Labute approximate surface area is 90.1 Å². The molecule has 3 nitrogen and oxygen atoms in total. The van der Waals surface area contributed by atoms with Crippen molar-refractivity contribution in [1.82, 2.24) is 4.98 Å². The van der Waals surface area contributed by atoms with Gasteiger partial charge in [0.2, 0.25) is 5.89 Å². The summed E-state index contributed by atoms with van der Waals surface area (Å²) < 4.78 is 6.42. The van der Waals surface area contributed by atoms with Gasteiger partial charge in [-0.2, -0.15) is 0 Å².